The minimum absolute atomic E-state index is 0.0132. The van der Waals surface area contributed by atoms with Crippen molar-refractivity contribution in [1.29, 1.82) is 0 Å². The van der Waals surface area contributed by atoms with Gasteiger partial charge in [-0.05, 0) is 31.5 Å². The van der Waals surface area contributed by atoms with Gasteiger partial charge in [0.25, 0.3) is 0 Å². The van der Waals surface area contributed by atoms with Crippen LogP contribution in [-0.4, -0.2) is 27.0 Å². The van der Waals surface area contributed by atoms with Crippen molar-refractivity contribution in [2.24, 2.45) is 5.73 Å². The van der Waals surface area contributed by atoms with Crippen molar-refractivity contribution in [2.45, 2.75) is 25.7 Å². The zero-order valence-electron chi connectivity index (χ0n) is 11.3. The van der Waals surface area contributed by atoms with E-state index in [1.807, 2.05) is 18.3 Å². The first kappa shape index (κ1) is 14.2. The first-order chi connectivity index (χ1) is 9.79. The lowest BCUT2D eigenvalue weighted by atomic mass is 10.2. The summed E-state index contributed by atoms with van der Waals surface area (Å²) < 4.78 is 1.80. The molecule has 6 nitrogen and oxygen atoms in total. The summed E-state index contributed by atoms with van der Waals surface area (Å²) in [6, 6.07) is 3.67. The maximum Gasteiger partial charge on any atom is 0.224 e. The largest absolute Gasteiger partial charge is 0.330 e. The number of anilines is 1. The van der Waals surface area contributed by atoms with E-state index in [1.54, 1.807) is 23.3 Å². The maximum atomic E-state index is 11.7. The van der Waals surface area contributed by atoms with Crippen LogP contribution in [-0.2, 0) is 4.79 Å². The number of nitrogens with one attached hydrogen (secondary N) is 1. The van der Waals surface area contributed by atoms with Gasteiger partial charge in [0.2, 0.25) is 5.91 Å². The van der Waals surface area contributed by atoms with Gasteiger partial charge in [-0.3, -0.25) is 9.36 Å². The molecular formula is C14H19N5O. The Morgan fingerprint density at radius 2 is 2.20 bits per heavy atom. The number of hydrogen-bond donors (Lipinski definition) is 2. The van der Waals surface area contributed by atoms with E-state index < -0.39 is 0 Å². The molecule has 106 valence electrons. The number of nitrogens with two attached hydrogens (primary N) is 1. The first-order valence-electron chi connectivity index (χ1n) is 6.74. The average Bonchev–Trinajstić information content (AvgIpc) is 2.99. The van der Waals surface area contributed by atoms with E-state index >= 15 is 0 Å². The second-order valence-corrected chi connectivity index (χ2v) is 4.52. The molecule has 2 aromatic rings. The minimum atomic E-state index is 0.0132. The summed E-state index contributed by atoms with van der Waals surface area (Å²) in [6.07, 6.45) is 10.2. The molecule has 0 saturated heterocycles. The van der Waals surface area contributed by atoms with E-state index in [1.165, 1.54) is 0 Å². The van der Waals surface area contributed by atoms with Gasteiger partial charge in [0, 0.05) is 18.8 Å². The number of carbonyl (C=O) groups excluding carboxylic acids is 1. The molecule has 0 spiro atoms. The third kappa shape index (κ3) is 4.17. The highest BCUT2D eigenvalue weighted by Crippen LogP contribution is 2.10. The van der Waals surface area contributed by atoms with Gasteiger partial charge < -0.3 is 11.1 Å². The molecule has 2 heterocycles. The van der Waals surface area contributed by atoms with Crippen LogP contribution in [0.3, 0.4) is 0 Å². The Balaban J connectivity index is 1.83. The molecular weight excluding hydrogens is 254 g/mol. The summed E-state index contributed by atoms with van der Waals surface area (Å²) in [7, 11) is 0. The van der Waals surface area contributed by atoms with E-state index in [-0.39, 0.29) is 5.91 Å². The first-order valence-corrected chi connectivity index (χ1v) is 6.74. The van der Waals surface area contributed by atoms with Crippen LogP contribution in [0.4, 0.5) is 5.69 Å². The van der Waals surface area contributed by atoms with Crippen LogP contribution in [0.5, 0.6) is 0 Å². The van der Waals surface area contributed by atoms with E-state index in [0.717, 1.165) is 25.1 Å². The fourth-order valence-corrected chi connectivity index (χ4v) is 1.84. The van der Waals surface area contributed by atoms with Gasteiger partial charge >= 0.3 is 0 Å². The lowest BCUT2D eigenvalue weighted by Crippen LogP contribution is -2.11. The average molecular weight is 273 g/mol. The number of aromatic nitrogens is 3. The molecule has 0 radical (unpaired) electrons. The quantitative estimate of drug-likeness (QED) is 0.752. The fraction of sp³-hybridized carbons (Fsp3) is 0.357. The molecule has 0 atom stereocenters. The van der Waals surface area contributed by atoms with E-state index in [2.05, 4.69) is 15.3 Å². The number of imidazole rings is 1. The van der Waals surface area contributed by atoms with Crippen LogP contribution in [0.2, 0.25) is 0 Å². The van der Waals surface area contributed by atoms with Crippen molar-refractivity contribution in [1.82, 2.24) is 14.5 Å². The Bertz CT molecular complexity index is 521. The summed E-state index contributed by atoms with van der Waals surface area (Å²) in [4.78, 5) is 19.9. The predicted octanol–water partition coefficient (Wildman–Crippen LogP) is 1.72. The molecule has 1 amide bonds. The Kier molecular flexibility index (Phi) is 5.25. The maximum absolute atomic E-state index is 11.7. The van der Waals surface area contributed by atoms with E-state index in [9.17, 15) is 4.79 Å². The lowest BCUT2D eigenvalue weighted by molar-refractivity contribution is -0.116. The van der Waals surface area contributed by atoms with Crippen molar-refractivity contribution >= 4 is 11.6 Å². The Morgan fingerprint density at radius 3 is 2.85 bits per heavy atom. The SMILES string of the molecule is NCCCCCC(=O)Nc1ccc(-n2ccnc2)nc1. The van der Waals surface area contributed by atoms with Crippen LogP contribution in [0.25, 0.3) is 5.82 Å². The molecule has 0 aliphatic heterocycles. The number of unbranched alkanes of at least 4 members (excludes halogenated alkanes) is 2. The monoisotopic (exact) mass is 273 g/mol. The standard InChI is InChI=1S/C14H19N5O/c15-7-3-1-2-4-14(20)18-12-5-6-13(17-10-12)19-9-8-16-11-19/h5-6,8-11H,1-4,7,15H2,(H,18,20). The van der Waals surface area contributed by atoms with Crippen LogP contribution >= 0.6 is 0 Å². The molecule has 2 rings (SSSR count). The lowest BCUT2D eigenvalue weighted by Gasteiger charge is -2.06. The van der Waals surface area contributed by atoms with Gasteiger partial charge in [0.15, 0.2) is 0 Å². The number of carbonyl (C=O) groups is 1. The minimum Gasteiger partial charge on any atom is -0.330 e. The Morgan fingerprint density at radius 1 is 1.30 bits per heavy atom. The number of amides is 1. The summed E-state index contributed by atoms with van der Waals surface area (Å²) >= 11 is 0. The van der Waals surface area contributed by atoms with E-state index in [0.29, 0.717) is 18.7 Å². The van der Waals surface area contributed by atoms with Gasteiger partial charge in [-0.2, -0.15) is 0 Å². The zero-order valence-corrected chi connectivity index (χ0v) is 11.3. The molecule has 20 heavy (non-hydrogen) atoms. The molecule has 0 aliphatic carbocycles. The van der Waals surface area contributed by atoms with Crippen molar-refractivity contribution in [3.8, 4) is 5.82 Å². The summed E-state index contributed by atoms with van der Waals surface area (Å²) in [6.45, 7) is 0.682. The fourth-order valence-electron chi connectivity index (χ4n) is 1.84. The molecule has 3 N–H and O–H groups in total. The van der Waals surface area contributed by atoms with Gasteiger partial charge in [-0.15, -0.1) is 0 Å². The third-order valence-corrected chi connectivity index (χ3v) is 2.91. The highest BCUT2D eigenvalue weighted by Gasteiger charge is 2.03. The van der Waals surface area contributed by atoms with Crippen LogP contribution in [0.15, 0.2) is 37.1 Å². The highest BCUT2D eigenvalue weighted by molar-refractivity contribution is 5.90. The highest BCUT2D eigenvalue weighted by atomic mass is 16.1. The Labute approximate surface area is 118 Å². The zero-order chi connectivity index (χ0) is 14.2. The topological polar surface area (TPSA) is 85.8 Å². The molecule has 0 bridgehead atoms. The van der Waals surface area contributed by atoms with E-state index in [4.69, 9.17) is 5.73 Å². The van der Waals surface area contributed by atoms with Crippen molar-refractivity contribution < 1.29 is 4.79 Å². The van der Waals surface area contributed by atoms with Crippen molar-refractivity contribution in [2.75, 3.05) is 11.9 Å². The molecule has 6 heteroatoms. The van der Waals surface area contributed by atoms with Gasteiger partial charge in [-0.1, -0.05) is 6.42 Å². The molecule has 0 aromatic carbocycles. The molecule has 0 saturated carbocycles. The normalized spacial score (nSPS) is 10.4. The number of nitrogens with zero attached hydrogens (tertiary/aromatic N) is 3. The Hall–Kier alpha value is -2.21. The second-order valence-electron chi connectivity index (χ2n) is 4.52. The third-order valence-electron chi connectivity index (χ3n) is 2.91. The number of rotatable bonds is 7. The van der Waals surface area contributed by atoms with Crippen molar-refractivity contribution in [3.05, 3.63) is 37.1 Å². The van der Waals surface area contributed by atoms with Gasteiger partial charge in [0.1, 0.15) is 12.1 Å². The number of hydrogen-bond acceptors (Lipinski definition) is 4. The molecule has 0 fully saturated rings. The van der Waals surface area contributed by atoms with Crippen LogP contribution in [0.1, 0.15) is 25.7 Å². The molecule has 0 aliphatic rings. The molecule has 2 aromatic heterocycles. The summed E-state index contributed by atoms with van der Waals surface area (Å²) in [5, 5.41) is 2.83. The second kappa shape index (κ2) is 7.40. The van der Waals surface area contributed by atoms with Gasteiger partial charge in [0.05, 0.1) is 11.9 Å². The van der Waals surface area contributed by atoms with Crippen LogP contribution in [0, 0.1) is 0 Å². The van der Waals surface area contributed by atoms with Gasteiger partial charge in [-0.25, -0.2) is 9.97 Å². The van der Waals surface area contributed by atoms with Crippen LogP contribution < -0.4 is 11.1 Å². The number of pyridine rings is 1. The smallest absolute Gasteiger partial charge is 0.224 e. The summed E-state index contributed by atoms with van der Waals surface area (Å²) in [5.41, 5.74) is 6.11. The predicted molar refractivity (Wildman–Crippen MR) is 77.5 cm³/mol. The van der Waals surface area contributed by atoms with Crippen molar-refractivity contribution in [3.63, 3.8) is 0 Å². The molecule has 0 unspecified atom stereocenters. The summed E-state index contributed by atoms with van der Waals surface area (Å²) in [5.74, 6) is 0.780.